The number of phenols is 1. The number of nitro groups is 1. The number of benzene rings is 3. The first-order chi connectivity index (χ1) is 22.7. The Kier molecular flexibility index (Phi) is 9.96. The van der Waals surface area contributed by atoms with E-state index >= 15 is 0 Å². The fraction of sp³-hybridized carbons (Fsp3) is 0.324. The number of fused-ring (bicyclic) bond motifs is 1. The summed E-state index contributed by atoms with van der Waals surface area (Å²) in [4.78, 5) is 44.9. The maximum absolute atomic E-state index is 14.1. The van der Waals surface area contributed by atoms with Gasteiger partial charge in [-0.05, 0) is 68.5 Å². The molecule has 0 saturated carbocycles. The number of piperazine rings is 1. The molecule has 1 fully saturated rings. The summed E-state index contributed by atoms with van der Waals surface area (Å²) in [5.41, 5.74) is 0.268. The Morgan fingerprint density at radius 2 is 1.71 bits per heavy atom. The van der Waals surface area contributed by atoms with Crippen LogP contribution in [0.5, 0.6) is 5.75 Å². The lowest BCUT2D eigenvalue weighted by molar-refractivity contribution is -0.384. The minimum absolute atomic E-state index is 0.0155. The lowest BCUT2D eigenvalue weighted by atomic mass is 10.0. The van der Waals surface area contributed by atoms with Crippen molar-refractivity contribution in [2.45, 2.75) is 48.8 Å². The number of hydrogen-bond donors (Lipinski definition) is 2. The highest BCUT2D eigenvalue weighted by atomic mass is 32.2. The van der Waals surface area contributed by atoms with Crippen LogP contribution in [0.3, 0.4) is 0 Å². The Hall–Kier alpha value is -5.08. The van der Waals surface area contributed by atoms with Crippen LogP contribution >= 0.6 is 0 Å². The van der Waals surface area contributed by atoms with Gasteiger partial charge in [-0.25, -0.2) is 13.4 Å². The third-order valence-electron chi connectivity index (χ3n) is 7.88. The quantitative estimate of drug-likeness (QED) is 0.142. The Balaban J connectivity index is 1.41. The van der Waals surface area contributed by atoms with E-state index in [2.05, 4.69) is 10.3 Å². The predicted octanol–water partition coefficient (Wildman–Crippen LogP) is 3.87. The highest BCUT2D eigenvalue weighted by molar-refractivity contribution is 7.91. The van der Waals surface area contributed by atoms with Crippen molar-refractivity contribution in [2.75, 3.05) is 37.6 Å². The third-order valence-corrected chi connectivity index (χ3v) is 9.68. The normalized spacial score (nSPS) is 14.5. The number of anilines is 1. The number of carbonyl (C=O) groups excluding carboxylic acids is 2. The van der Waals surface area contributed by atoms with Crippen LogP contribution in [0.4, 0.5) is 11.4 Å². The summed E-state index contributed by atoms with van der Waals surface area (Å²) in [6.07, 6.45) is 1.28. The molecular formula is C34H37N5O8S. The zero-order chi connectivity index (χ0) is 34.6. The van der Waals surface area contributed by atoms with Crippen LogP contribution < -0.4 is 10.2 Å². The van der Waals surface area contributed by atoms with E-state index in [0.29, 0.717) is 37.0 Å². The van der Waals surface area contributed by atoms with Crippen molar-refractivity contribution in [1.82, 2.24) is 15.2 Å². The number of nitrogens with zero attached hydrogens (tertiary/aromatic N) is 4. The minimum atomic E-state index is -4.28. The van der Waals surface area contributed by atoms with Crippen LogP contribution in [-0.4, -0.2) is 84.6 Å². The van der Waals surface area contributed by atoms with Crippen LogP contribution in [0.1, 0.15) is 26.3 Å². The smallest absolute Gasteiger partial charge is 0.320 e. The molecule has 1 atom stereocenters. The Morgan fingerprint density at radius 3 is 2.38 bits per heavy atom. The number of aromatic hydroxyl groups is 1. The number of nitrogens with one attached hydrogen (secondary N) is 1. The van der Waals surface area contributed by atoms with Crippen molar-refractivity contribution in [3.8, 4) is 5.75 Å². The first-order valence-corrected chi connectivity index (χ1v) is 16.9. The molecule has 252 valence electrons. The highest BCUT2D eigenvalue weighted by Crippen LogP contribution is 2.31. The molecule has 1 aromatic heterocycles. The molecule has 2 N–H and O–H groups in total. The Bertz CT molecular complexity index is 1930. The zero-order valence-electron chi connectivity index (χ0n) is 26.8. The number of pyridine rings is 1. The van der Waals surface area contributed by atoms with Gasteiger partial charge in [0.05, 0.1) is 22.4 Å². The van der Waals surface area contributed by atoms with Gasteiger partial charge in [0.15, 0.2) is 5.03 Å². The number of rotatable bonds is 10. The minimum Gasteiger partial charge on any atom is -0.508 e. The molecule has 1 amide bonds. The van der Waals surface area contributed by atoms with Crippen LogP contribution in [-0.2, 0) is 30.6 Å². The Labute approximate surface area is 278 Å². The molecule has 0 bridgehead atoms. The third kappa shape index (κ3) is 7.89. The maximum Gasteiger partial charge on any atom is 0.320 e. The summed E-state index contributed by atoms with van der Waals surface area (Å²) < 4.78 is 33.7. The van der Waals surface area contributed by atoms with E-state index in [1.54, 1.807) is 68.1 Å². The van der Waals surface area contributed by atoms with Crippen molar-refractivity contribution in [2.24, 2.45) is 0 Å². The molecule has 1 aliphatic rings. The predicted molar refractivity (Wildman–Crippen MR) is 179 cm³/mol. The number of aromatic nitrogens is 1. The van der Waals surface area contributed by atoms with E-state index in [9.17, 15) is 33.2 Å². The van der Waals surface area contributed by atoms with Crippen LogP contribution in [0.25, 0.3) is 10.8 Å². The van der Waals surface area contributed by atoms with Gasteiger partial charge in [-0.3, -0.25) is 25.0 Å². The second-order valence-corrected chi connectivity index (χ2v) is 14.3. The number of nitro benzene ring substituents is 1. The molecule has 3 aromatic carbocycles. The molecule has 14 heteroatoms. The van der Waals surface area contributed by atoms with E-state index < -0.39 is 32.4 Å². The van der Waals surface area contributed by atoms with Gasteiger partial charge >= 0.3 is 5.97 Å². The summed E-state index contributed by atoms with van der Waals surface area (Å²) in [7, 11) is -4.28. The standard InChI is InChI=1S/C34H37N5O8S/c1-34(2,3)47-31(41)22-36-29(33(42)38-18-16-37(17-19-38)25-9-11-26(12-10-25)39(43)44)20-24-8-13-27(40)21-30(24)48(45,46)32-28-7-5-4-6-23(28)14-15-35-32/h4-15,21,29,36,40H,16-20,22H2,1-3H3. The van der Waals surface area contributed by atoms with Gasteiger partial charge in [0.1, 0.15) is 11.4 Å². The van der Waals surface area contributed by atoms with Crippen molar-refractivity contribution < 1.29 is 32.8 Å². The highest BCUT2D eigenvalue weighted by Gasteiger charge is 2.32. The maximum atomic E-state index is 14.1. The molecular weight excluding hydrogens is 638 g/mol. The SMILES string of the molecule is CC(C)(C)OC(=O)CNC(Cc1ccc(O)cc1S(=O)(=O)c1nccc2ccccc12)C(=O)N1CCN(c2ccc([N+](=O)[O-])cc2)CC1. The largest absolute Gasteiger partial charge is 0.508 e. The van der Waals surface area contributed by atoms with Gasteiger partial charge in [0.2, 0.25) is 15.7 Å². The van der Waals surface area contributed by atoms with Crippen LogP contribution in [0, 0.1) is 10.1 Å². The first kappa shape index (κ1) is 34.3. The number of sulfone groups is 1. The molecule has 4 aromatic rings. The molecule has 0 spiro atoms. The number of carbonyl (C=O) groups is 2. The number of amides is 1. The van der Waals surface area contributed by atoms with E-state index in [1.807, 2.05) is 4.90 Å². The van der Waals surface area contributed by atoms with E-state index in [-0.39, 0.29) is 45.8 Å². The van der Waals surface area contributed by atoms with E-state index in [1.165, 1.54) is 30.5 Å². The van der Waals surface area contributed by atoms with Crippen molar-refractivity contribution >= 4 is 43.9 Å². The summed E-state index contributed by atoms with van der Waals surface area (Å²) >= 11 is 0. The van der Waals surface area contributed by atoms with Crippen molar-refractivity contribution in [3.05, 3.63) is 94.7 Å². The van der Waals surface area contributed by atoms with Gasteiger partial charge in [-0.2, -0.15) is 0 Å². The van der Waals surface area contributed by atoms with Gasteiger partial charge in [-0.1, -0.05) is 30.3 Å². The summed E-state index contributed by atoms with van der Waals surface area (Å²) in [5, 5.41) is 25.3. The fourth-order valence-corrected chi connectivity index (χ4v) is 7.27. The zero-order valence-corrected chi connectivity index (χ0v) is 27.6. The molecule has 1 aliphatic heterocycles. The Morgan fingerprint density at radius 1 is 1.02 bits per heavy atom. The van der Waals surface area contributed by atoms with Crippen molar-refractivity contribution in [3.63, 3.8) is 0 Å². The lowest BCUT2D eigenvalue weighted by Crippen LogP contribution is -2.55. The molecule has 0 aliphatic carbocycles. The number of phenolic OH excluding ortho intramolecular Hbond substituents is 1. The summed E-state index contributed by atoms with van der Waals surface area (Å²) in [6, 6.07) is 17.7. The van der Waals surface area contributed by atoms with Gasteiger partial charge in [-0.15, -0.1) is 0 Å². The summed E-state index contributed by atoms with van der Waals surface area (Å²) in [6.45, 7) is 6.43. The van der Waals surface area contributed by atoms with Gasteiger partial charge in [0.25, 0.3) is 5.69 Å². The average molecular weight is 676 g/mol. The van der Waals surface area contributed by atoms with Gasteiger partial charge < -0.3 is 19.6 Å². The molecule has 48 heavy (non-hydrogen) atoms. The molecule has 5 rings (SSSR count). The second kappa shape index (κ2) is 14.0. The number of esters is 1. The number of ether oxygens (including phenoxy) is 1. The van der Waals surface area contributed by atoms with Crippen molar-refractivity contribution in [1.29, 1.82) is 0 Å². The first-order valence-electron chi connectivity index (χ1n) is 15.4. The lowest BCUT2D eigenvalue weighted by Gasteiger charge is -2.37. The van der Waals surface area contributed by atoms with Gasteiger partial charge in [0, 0.05) is 55.6 Å². The van der Waals surface area contributed by atoms with E-state index in [0.717, 1.165) is 11.8 Å². The van der Waals surface area contributed by atoms with Crippen LogP contribution in [0.2, 0.25) is 0 Å². The molecule has 1 saturated heterocycles. The monoisotopic (exact) mass is 675 g/mol. The number of non-ortho nitro benzene ring substituents is 1. The average Bonchev–Trinajstić information content (AvgIpc) is 3.06. The van der Waals surface area contributed by atoms with E-state index in [4.69, 9.17) is 4.74 Å². The van der Waals surface area contributed by atoms with Crippen LogP contribution in [0.15, 0.2) is 88.9 Å². The topological polar surface area (TPSA) is 172 Å². The summed E-state index contributed by atoms with van der Waals surface area (Å²) in [5.74, 6) is -1.20. The second-order valence-electron chi connectivity index (χ2n) is 12.4. The molecule has 2 heterocycles. The molecule has 0 radical (unpaired) electrons. The number of hydrogen-bond acceptors (Lipinski definition) is 11. The molecule has 13 nitrogen and oxygen atoms in total. The molecule has 1 unspecified atom stereocenters. The fourth-order valence-electron chi connectivity index (χ4n) is 5.61.